The van der Waals surface area contributed by atoms with E-state index in [1.807, 2.05) is 52.0 Å². The highest BCUT2D eigenvalue weighted by Crippen LogP contribution is 2.18. The number of aldehydes is 1. The number of allylic oxidation sites excluding steroid dienone is 4. The summed E-state index contributed by atoms with van der Waals surface area (Å²) in [7, 11) is 0. The Morgan fingerprint density at radius 2 is 1.80 bits per heavy atom. The van der Waals surface area contributed by atoms with Gasteiger partial charge < -0.3 is 4.74 Å². The third kappa shape index (κ3) is 7.21. The van der Waals surface area contributed by atoms with Crippen LogP contribution in [0.15, 0.2) is 60.3 Å². The van der Waals surface area contributed by atoms with Gasteiger partial charge in [0.2, 0.25) is 0 Å². The van der Waals surface area contributed by atoms with E-state index < -0.39 is 11.7 Å². The van der Waals surface area contributed by atoms with Crippen LogP contribution >= 0.6 is 0 Å². The predicted molar refractivity (Wildman–Crippen MR) is 101 cm³/mol. The summed E-state index contributed by atoms with van der Waals surface area (Å²) in [4.78, 5) is 25.0. The molecule has 0 aromatic heterocycles. The maximum Gasteiger partial charge on any atom is 0.415 e. The summed E-state index contributed by atoms with van der Waals surface area (Å²) in [5, 5.41) is 0. The third-order valence-corrected chi connectivity index (χ3v) is 3.36. The van der Waals surface area contributed by atoms with Gasteiger partial charge in [0.25, 0.3) is 0 Å². The van der Waals surface area contributed by atoms with Crippen LogP contribution in [-0.2, 0) is 16.1 Å². The van der Waals surface area contributed by atoms with Crippen LogP contribution in [0.1, 0.15) is 38.8 Å². The van der Waals surface area contributed by atoms with Crippen molar-refractivity contribution >= 4 is 12.4 Å². The average Bonchev–Trinajstić information content (AvgIpc) is 2.53. The first-order valence-corrected chi connectivity index (χ1v) is 8.21. The Labute approximate surface area is 150 Å². The van der Waals surface area contributed by atoms with Crippen molar-refractivity contribution < 1.29 is 14.3 Å². The van der Waals surface area contributed by atoms with Gasteiger partial charge in [0.05, 0.1) is 6.54 Å². The second-order valence-corrected chi connectivity index (χ2v) is 6.78. The number of carbonyl (C=O) groups excluding carboxylic acids is 2. The first kappa shape index (κ1) is 20.4. The summed E-state index contributed by atoms with van der Waals surface area (Å²) in [6.45, 7) is 13.5. The molecule has 4 nitrogen and oxygen atoms in total. The Balaban J connectivity index is 3.05. The molecule has 0 heterocycles. The van der Waals surface area contributed by atoms with Crippen LogP contribution in [0, 0.1) is 6.92 Å². The van der Waals surface area contributed by atoms with Crippen molar-refractivity contribution in [3.8, 4) is 0 Å². The van der Waals surface area contributed by atoms with Crippen LogP contribution in [0.5, 0.6) is 0 Å². The highest BCUT2D eigenvalue weighted by molar-refractivity contribution is 5.77. The molecule has 4 heteroatoms. The summed E-state index contributed by atoms with van der Waals surface area (Å²) >= 11 is 0. The second-order valence-electron chi connectivity index (χ2n) is 6.78. The molecular weight excluding hydrogens is 314 g/mol. The largest absolute Gasteiger partial charge is 0.443 e. The fourth-order valence-corrected chi connectivity index (χ4v) is 1.96. The van der Waals surface area contributed by atoms with E-state index in [2.05, 4.69) is 6.58 Å². The lowest BCUT2D eigenvalue weighted by atomic mass is 10.1. The van der Waals surface area contributed by atoms with Gasteiger partial charge in [-0.1, -0.05) is 42.5 Å². The predicted octanol–water partition coefficient (Wildman–Crippen LogP) is 4.95. The molecule has 1 aromatic carbocycles. The summed E-state index contributed by atoms with van der Waals surface area (Å²) in [5.74, 6) is 0. The molecule has 0 N–H and O–H groups in total. The molecule has 0 aliphatic heterocycles. The Kier molecular flexibility index (Phi) is 7.37. The van der Waals surface area contributed by atoms with Crippen LogP contribution in [0.3, 0.4) is 0 Å². The van der Waals surface area contributed by atoms with Gasteiger partial charge in [-0.05, 0) is 52.3 Å². The van der Waals surface area contributed by atoms with Crippen molar-refractivity contribution in [1.29, 1.82) is 0 Å². The maximum atomic E-state index is 12.6. The van der Waals surface area contributed by atoms with E-state index in [-0.39, 0.29) is 0 Å². The zero-order chi connectivity index (χ0) is 19.0. The number of nitrogens with zero attached hydrogens (tertiary/aromatic N) is 1. The summed E-state index contributed by atoms with van der Waals surface area (Å²) < 4.78 is 5.48. The molecule has 1 rings (SSSR count). The minimum atomic E-state index is -0.607. The Hall–Kier alpha value is -2.62. The monoisotopic (exact) mass is 341 g/mol. The zero-order valence-corrected chi connectivity index (χ0v) is 15.7. The molecule has 0 bridgehead atoms. The van der Waals surface area contributed by atoms with Gasteiger partial charge in [0.15, 0.2) is 0 Å². The van der Waals surface area contributed by atoms with Crippen molar-refractivity contribution in [3.05, 3.63) is 71.5 Å². The van der Waals surface area contributed by atoms with Crippen molar-refractivity contribution in [2.24, 2.45) is 0 Å². The van der Waals surface area contributed by atoms with Crippen LogP contribution in [-0.4, -0.2) is 22.9 Å². The fourth-order valence-electron chi connectivity index (χ4n) is 1.96. The topological polar surface area (TPSA) is 46.6 Å². The third-order valence-electron chi connectivity index (χ3n) is 3.36. The summed E-state index contributed by atoms with van der Waals surface area (Å²) in [6, 6.07) is 7.91. The molecule has 1 aromatic rings. The second kappa shape index (κ2) is 9.02. The number of rotatable bonds is 6. The van der Waals surface area contributed by atoms with Gasteiger partial charge in [-0.3, -0.25) is 9.69 Å². The minimum absolute atomic E-state index is 0.338. The number of benzene rings is 1. The maximum absolute atomic E-state index is 12.6. The number of hydrogen-bond donors (Lipinski definition) is 0. The van der Waals surface area contributed by atoms with E-state index in [4.69, 9.17) is 4.74 Å². The van der Waals surface area contributed by atoms with Gasteiger partial charge in [-0.15, -0.1) is 0 Å². The quantitative estimate of drug-likeness (QED) is 0.418. The van der Waals surface area contributed by atoms with Crippen molar-refractivity contribution in [2.75, 3.05) is 0 Å². The van der Waals surface area contributed by atoms with Crippen molar-refractivity contribution in [1.82, 2.24) is 4.90 Å². The molecule has 0 unspecified atom stereocenters. The van der Waals surface area contributed by atoms with Crippen LogP contribution in [0.4, 0.5) is 4.79 Å². The molecule has 0 saturated heterocycles. The molecule has 0 saturated carbocycles. The van der Waals surface area contributed by atoms with Gasteiger partial charge in [0.1, 0.15) is 11.9 Å². The van der Waals surface area contributed by atoms with E-state index in [1.165, 1.54) is 4.90 Å². The molecule has 0 aliphatic carbocycles. The van der Waals surface area contributed by atoms with Crippen molar-refractivity contribution in [2.45, 2.75) is 46.8 Å². The zero-order valence-electron chi connectivity index (χ0n) is 15.7. The first-order chi connectivity index (χ1) is 11.7. The van der Waals surface area contributed by atoms with Gasteiger partial charge in [-0.2, -0.15) is 0 Å². The van der Waals surface area contributed by atoms with E-state index in [1.54, 1.807) is 25.2 Å². The molecule has 25 heavy (non-hydrogen) atoms. The molecule has 0 spiro atoms. The van der Waals surface area contributed by atoms with Gasteiger partial charge in [0, 0.05) is 11.3 Å². The van der Waals surface area contributed by atoms with E-state index in [0.29, 0.717) is 17.8 Å². The first-order valence-electron chi connectivity index (χ1n) is 8.21. The molecule has 1 amide bonds. The van der Waals surface area contributed by atoms with E-state index in [0.717, 1.165) is 17.4 Å². The molecule has 0 atom stereocenters. The number of ether oxygens (including phenoxy) is 1. The highest BCUT2D eigenvalue weighted by Gasteiger charge is 2.23. The number of aryl methyl sites for hydroxylation is 1. The average molecular weight is 341 g/mol. The Bertz CT molecular complexity index is 676. The lowest BCUT2D eigenvalue weighted by molar-refractivity contribution is -0.104. The fraction of sp³-hybridized carbons (Fsp3) is 0.333. The lowest BCUT2D eigenvalue weighted by Crippen LogP contribution is -2.35. The minimum Gasteiger partial charge on any atom is -0.443 e. The van der Waals surface area contributed by atoms with Crippen LogP contribution in [0.25, 0.3) is 0 Å². The molecule has 0 fully saturated rings. The summed E-state index contributed by atoms with van der Waals surface area (Å²) in [6.07, 6.45) is 5.23. The van der Waals surface area contributed by atoms with E-state index >= 15 is 0 Å². The standard InChI is InChI=1S/C21H27NO3/c1-7-18(15-23)13-10-17(3)22(20(24)25-21(4,5)6)14-19-11-8-16(2)9-12-19/h7-13,15H,3,14H2,1-2,4-6H3/b13-10-,18-7+. The van der Waals surface area contributed by atoms with Crippen molar-refractivity contribution in [3.63, 3.8) is 0 Å². The van der Waals surface area contributed by atoms with Gasteiger partial charge >= 0.3 is 6.09 Å². The Morgan fingerprint density at radius 3 is 2.28 bits per heavy atom. The molecule has 0 aliphatic rings. The lowest BCUT2D eigenvalue weighted by Gasteiger charge is -2.27. The molecule has 0 radical (unpaired) electrons. The van der Waals surface area contributed by atoms with Crippen LogP contribution in [0.2, 0.25) is 0 Å². The number of hydrogen-bond acceptors (Lipinski definition) is 3. The summed E-state index contributed by atoms with van der Waals surface area (Å²) in [5.41, 5.74) is 2.48. The highest BCUT2D eigenvalue weighted by atomic mass is 16.6. The SMILES string of the molecule is C=C(/C=C\C(C=O)=C/C)N(Cc1ccc(C)cc1)C(=O)OC(C)(C)C. The Morgan fingerprint density at radius 1 is 1.20 bits per heavy atom. The van der Waals surface area contributed by atoms with E-state index in [9.17, 15) is 9.59 Å². The smallest absolute Gasteiger partial charge is 0.415 e. The molecular formula is C21H27NO3. The van der Waals surface area contributed by atoms with Gasteiger partial charge in [-0.25, -0.2) is 4.79 Å². The number of amides is 1. The normalized spacial score (nSPS) is 12.1. The number of carbonyl (C=O) groups is 2. The molecule has 134 valence electrons. The van der Waals surface area contributed by atoms with Crippen LogP contribution < -0.4 is 0 Å².